The van der Waals surface area contributed by atoms with Crippen molar-refractivity contribution in [1.82, 2.24) is 0 Å². The van der Waals surface area contributed by atoms with Crippen LogP contribution in [0.4, 0.5) is 11.4 Å². The van der Waals surface area contributed by atoms with Crippen LogP contribution in [0.15, 0.2) is 40.9 Å². The lowest BCUT2D eigenvalue weighted by Crippen LogP contribution is -2.21. The minimum atomic E-state index is -0.340. The van der Waals surface area contributed by atoms with E-state index in [1.54, 1.807) is 6.07 Å². The van der Waals surface area contributed by atoms with E-state index in [1.807, 2.05) is 51.1 Å². The zero-order chi connectivity index (χ0) is 17.0. The number of aryl methyl sites for hydroxylation is 3. The standard InChI is InChI=1S/C18H19BrN2O2/c1-11-4-5-14(8-12(11)2)20-17(22)10-18(23)21-15-6-7-16(19)13(3)9-15/h4-9H,10H2,1-3H3,(H,20,22)(H,21,23). The van der Waals surface area contributed by atoms with Crippen LogP contribution in [0.25, 0.3) is 0 Å². The number of hydrogen-bond acceptors (Lipinski definition) is 2. The first-order valence-corrected chi connectivity index (χ1v) is 8.07. The molecule has 2 aromatic carbocycles. The zero-order valence-electron chi connectivity index (χ0n) is 13.4. The van der Waals surface area contributed by atoms with Gasteiger partial charge < -0.3 is 10.6 Å². The Morgan fingerprint density at radius 2 is 1.35 bits per heavy atom. The molecule has 0 unspecified atom stereocenters. The number of carbonyl (C=O) groups excluding carboxylic acids is 2. The van der Waals surface area contributed by atoms with Crippen molar-refractivity contribution in [3.8, 4) is 0 Å². The molecule has 0 saturated carbocycles. The molecule has 2 rings (SSSR count). The molecule has 0 fully saturated rings. The minimum Gasteiger partial charge on any atom is -0.326 e. The lowest BCUT2D eigenvalue weighted by atomic mass is 10.1. The van der Waals surface area contributed by atoms with E-state index in [9.17, 15) is 9.59 Å². The molecule has 0 aliphatic heterocycles. The van der Waals surface area contributed by atoms with Gasteiger partial charge in [-0.05, 0) is 67.8 Å². The average Bonchev–Trinajstić information content (AvgIpc) is 2.46. The highest BCUT2D eigenvalue weighted by atomic mass is 79.9. The summed E-state index contributed by atoms with van der Waals surface area (Å²) < 4.78 is 0.975. The third-order valence-corrected chi connectivity index (χ3v) is 4.44. The van der Waals surface area contributed by atoms with Gasteiger partial charge in [0.1, 0.15) is 6.42 Å². The van der Waals surface area contributed by atoms with Crippen molar-refractivity contribution in [3.63, 3.8) is 0 Å². The summed E-state index contributed by atoms with van der Waals surface area (Å²) in [5, 5.41) is 5.47. The highest BCUT2D eigenvalue weighted by Crippen LogP contribution is 2.20. The number of hydrogen-bond donors (Lipinski definition) is 2. The summed E-state index contributed by atoms with van der Waals surface area (Å²) in [6, 6.07) is 11.2. The summed E-state index contributed by atoms with van der Waals surface area (Å²) in [4.78, 5) is 23.9. The topological polar surface area (TPSA) is 58.2 Å². The number of nitrogens with one attached hydrogen (secondary N) is 2. The molecule has 0 aliphatic carbocycles. The van der Waals surface area contributed by atoms with Gasteiger partial charge in [-0.25, -0.2) is 0 Å². The molecule has 120 valence electrons. The number of carbonyl (C=O) groups is 2. The maximum atomic E-state index is 12.0. The smallest absolute Gasteiger partial charge is 0.233 e. The van der Waals surface area contributed by atoms with E-state index in [0.29, 0.717) is 11.4 Å². The predicted octanol–water partition coefficient (Wildman–Crippen LogP) is 4.34. The first-order valence-electron chi connectivity index (χ1n) is 7.28. The number of rotatable bonds is 4. The van der Waals surface area contributed by atoms with Gasteiger partial charge in [-0.2, -0.15) is 0 Å². The number of halogens is 1. The van der Waals surface area contributed by atoms with Crippen LogP contribution in [0.3, 0.4) is 0 Å². The van der Waals surface area contributed by atoms with Crippen LogP contribution in [0.5, 0.6) is 0 Å². The molecule has 5 heteroatoms. The molecule has 0 atom stereocenters. The Morgan fingerprint density at radius 1 is 0.826 bits per heavy atom. The number of anilines is 2. The summed E-state index contributed by atoms with van der Waals surface area (Å²) in [6.07, 6.45) is -0.220. The minimum absolute atomic E-state index is 0.220. The number of benzene rings is 2. The normalized spacial score (nSPS) is 10.3. The molecule has 2 amide bonds. The van der Waals surface area contributed by atoms with E-state index < -0.39 is 0 Å². The molecule has 0 radical (unpaired) electrons. The van der Waals surface area contributed by atoms with Crippen LogP contribution in [0, 0.1) is 20.8 Å². The van der Waals surface area contributed by atoms with Crippen LogP contribution >= 0.6 is 15.9 Å². The van der Waals surface area contributed by atoms with Crippen LogP contribution in [0.1, 0.15) is 23.1 Å². The summed E-state index contributed by atoms with van der Waals surface area (Å²) in [5.74, 6) is -0.673. The van der Waals surface area contributed by atoms with E-state index in [-0.39, 0.29) is 18.2 Å². The highest BCUT2D eigenvalue weighted by molar-refractivity contribution is 9.10. The van der Waals surface area contributed by atoms with E-state index in [2.05, 4.69) is 26.6 Å². The van der Waals surface area contributed by atoms with Crippen molar-refractivity contribution in [2.45, 2.75) is 27.2 Å². The fourth-order valence-electron chi connectivity index (χ4n) is 2.10. The Labute approximate surface area is 144 Å². The quantitative estimate of drug-likeness (QED) is 0.781. The third kappa shape index (κ3) is 4.93. The third-order valence-electron chi connectivity index (χ3n) is 3.55. The van der Waals surface area contributed by atoms with Gasteiger partial charge in [0.25, 0.3) is 0 Å². The molecule has 2 N–H and O–H groups in total. The Morgan fingerprint density at radius 3 is 1.87 bits per heavy atom. The van der Waals surface area contributed by atoms with Crippen molar-refractivity contribution >= 4 is 39.1 Å². The van der Waals surface area contributed by atoms with Gasteiger partial charge in [0.2, 0.25) is 11.8 Å². The lowest BCUT2D eigenvalue weighted by Gasteiger charge is -2.09. The van der Waals surface area contributed by atoms with Crippen molar-refractivity contribution in [3.05, 3.63) is 57.6 Å². The van der Waals surface area contributed by atoms with E-state index >= 15 is 0 Å². The molecule has 0 aliphatic rings. The molecule has 0 bridgehead atoms. The lowest BCUT2D eigenvalue weighted by molar-refractivity contribution is -0.123. The zero-order valence-corrected chi connectivity index (χ0v) is 15.0. The molecule has 0 aromatic heterocycles. The first-order chi connectivity index (χ1) is 10.8. The van der Waals surface area contributed by atoms with Gasteiger partial charge in [0, 0.05) is 15.8 Å². The van der Waals surface area contributed by atoms with Gasteiger partial charge in [-0.15, -0.1) is 0 Å². The summed E-state index contributed by atoms with van der Waals surface area (Å²) in [6.45, 7) is 5.92. The van der Waals surface area contributed by atoms with Crippen molar-refractivity contribution in [2.24, 2.45) is 0 Å². The Kier molecular flexibility index (Phi) is 5.55. The molecule has 0 heterocycles. The average molecular weight is 375 g/mol. The maximum Gasteiger partial charge on any atom is 0.233 e. The Balaban J connectivity index is 1.92. The van der Waals surface area contributed by atoms with Gasteiger partial charge in [0.05, 0.1) is 0 Å². The fraction of sp³-hybridized carbons (Fsp3) is 0.222. The van der Waals surface area contributed by atoms with E-state index in [0.717, 1.165) is 21.2 Å². The van der Waals surface area contributed by atoms with Gasteiger partial charge in [-0.1, -0.05) is 22.0 Å². The van der Waals surface area contributed by atoms with Crippen molar-refractivity contribution < 1.29 is 9.59 Å². The Bertz CT molecular complexity index is 693. The second-order valence-corrected chi connectivity index (χ2v) is 6.39. The van der Waals surface area contributed by atoms with Crippen molar-refractivity contribution in [2.75, 3.05) is 10.6 Å². The van der Waals surface area contributed by atoms with E-state index in [4.69, 9.17) is 0 Å². The second kappa shape index (κ2) is 7.42. The van der Waals surface area contributed by atoms with Crippen LogP contribution in [-0.4, -0.2) is 11.8 Å². The van der Waals surface area contributed by atoms with E-state index in [1.165, 1.54) is 0 Å². The fourth-order valence-corrected chi connectivity index (χ4v) is 2.34. The SMILES string of the molecule is Cc1ccc(NC(=O)CC(=O)Nc2ccc(Br)c(C)c2)cc1C. The maximum absolute atomic E-state index is 12.0. The Hall–Kier alpha value is -2.14. The summed E-state index contributed by atoms with van der Waals surface area (Å²) >= 11 is 3.41. The monoisotopic (exact) mass is 374 g/mol. The first kappa shape index (κ1) is 17.2. The molecule has 23 heavy (non-hydrogen) atoms. The summed E-state index contributed by atoms with van der Waals surface area (Å²) in [5.41, 5.74) is 4.64. The highest BCUT2D eigenvalue weighted by Gasteiger charge is 2.11. The largest absolute Gasteiger partial charge is 0.326 e. The van der Waals surface area contributed by atoms with Crippen LogP contribution in [0.2, 0.25) is 0 Å². The molecule has 4 nitrogen and oxygen atoms in total. The number of amides is 2. The van der Waals surface area contributed by atoms with Gasteiger partial charge >= 0.3 is 0 Å². The van der Waals surface area contributed by atoms with Gasteiger partial charge in [0.15, 0.2) is 0 Å². The van der Waals surface area contributed by atoms with Crippen molar-refractivity contribution in [1.29, 1.82) is 0 Å². The molecule has 2 aromatic rings. The predicted molar refractivity (Wildman–Crippen MR) is 96.7 cm³/mol. The molecule has 0 spiro atoms. The second-order valence-electron chi connectivity index (χ2n) is 5.54. The molecular weight excluding hydrogens is 356 g/mol. The molecular formula is C18H19BrN2O2. The summed E-state index contributed by atoms with van der Waals surface area (Å²) in [7, 11) is 0. The molecule has 0 saturated heterocycles. The van der Waals surface area contributed by atoms with Crippen LogP contribution < -0.4 is 10.6 Å². The van der Waals surface area contributed by atoms with Crippen LogP contribution in [-0.2, 0) is 9.59 Å². The van der Waals surface area contributed by atoms with Gasteiger partial charge in [-0.3, -0.25) is 9.59 Å².